The molecule has 0 radical (unpaired) electrons. The van der Waals surface area contributed by atoms with Gasteiger partial charge >= 0.3 is 0 Å². The summed E-state index contributed by atoms with van der Waals surface area (Å²) in [5, 5.41) is 13.1. The highest BCUT2D eigenvalue weighted by Gasteiger charge is 2.12. The lowest BCUT2D eigenvalue weighted by atomic mass is 10.1. The lowest BCUT2D eigenvalue weighted by Crippen LogP contribution is -2.26. The molecule has 37 heavy (non-hydrogen) atoms. The number of rotatable bonds is 12. The van der Waals surface area contributed by atoms with Gasteiger partial charge in [0.15, 0.2) is 11.5 Å². The molecule has 0 bridgehead atoms. The van der Waals surface area contributed by atoms with Gasteiger partial charge in [-0.15, -0.1) is 0 Å². The second kappa shape index (κ2) is 18.2. The number of aliphatic hydroxyl groups excluding tert-OH is 1. The van der Waals surface area contributed by atoms with E-state index in [0.717, 1.165) is 37.1 Å². The summed E-state index contributed by atoms with van der Waals surface area (Å²) in [4.78, 5) is 25.7. The SMILES string of the molecule is CCCOCCn1c(=O)c(NC)nc2ncc(-c3ccc(OC)nc3)cc21.CCNCCC(C)C.CO. The van der Waals surface area contributed by atoms with Gasteiger partial charge in [0, 0.05) is 56.9 Å². The van der Waals surface area contributed by atoms with E-state index in [1.807, 2.05) is 19.1 Å². The van der Waals surface area contributed by atoms with Crippen LogP contribution in [0.2, 0.25) is 0 Å². The molecular formula is C27H44N6O4. The zero-order valence-electron chi connectivity index (χ0n) is 23.4. The molecule has 0 amide bonds. The Labute approximate surface area is 220 Å². The Morgan fingerprint density at radius 1 is 1.08 bits per heavy atom. The lowest BCUT2D eigenvalue weighted by Gasteiger charge is -2.13. The Hall–Kier alpha value is -3.08. The Balaban J connectivity index is 0.000000586. The molecule has 0 saturated carbocycles. The highest BCUT2D eigenvalue weighted by Crippen LogP contribution is 2.23. The predicted octanol–water partition coefficient (Wildman–Crippen LogP) is 3.58. The third kappa shape index (κ3) is 10.4. The minimum absolute atomic E-state index is 0.197. The van der Waals surface area contributed by atoms with Gasteiger partial charge in [0.25, 0.3) is 5.56 Å². The minimum Gasteiger partial charge on any atom is -0.481 e. The monoisotopic (exact) mass is 516 g/mol. The number of hydrogen-bond donors (Lipinski definition) is 3. The Morgan fingerprint density at radius 3 is 2.38 bits per heavy atom. The third-order valence-electron chi connectivity index (χ3n) is 5.28. The molecule has 206 valence electrons. The first-order chi connectivity index (χ1) is 17.9. The standard InChI is InChI=1S/C19H23N5O3.C7H17N.CH4O/c1-4-8-27-9-7-24-15-10-14(13-5-6-16(26-3)21-11-13)12-22-17(15)23-18(20-2)19(24)25;1-4-8-6-5-7(2)3;1-2/h5-6,10-12H,4,7-9H2,1-3H3,(H,20,22,23);7-8H,4-6H2,1-3H3;2H,1H3. The summed E-state index contributed by atoms with van der Waals surface area (Å²) in [6.45, 7) is 12.5. The molecule has 0 spiro atoms. The Morgan fingerprint density at radius 2 is 1.81 bits per heavy atom. The number of hydrogen-bond acceptors (Lipinski definition) is 9. The Kier molecular flexibility index (Phi) is 15.7. The minimum atomic E-state index is -0.197. The van der Waals surface area contributed by atoms with Crippen LogP contribution in [0.4, 0.5) is 5.82 Å². The topological polar surface area (TPSA) is 123 Å². The number of aromatic nitrogens is 4. The first-order valence-corrected chi connectivity index (χ1v) is 12.8. The van der Waals surface area contributed by atoms with Crippen molar-refractivity contribution in [1.29, 1.82) is 0 Å². The van der Waals surface area contributed by atoms with E-state index in [1.165, 1.54) is 13.0 Å². The van der Waals surface area contributed by atoms with Crippen molar-refractivity contribution in [2.45, 2.75) is 47.1 Å². The Bertz CT molecular complexity index is 1090. The highest BCUT2D eigenvalue weighted by molar-refractivity contribution is 5.78. The number of methoxy groups -OCH3 is 1. The highest BCUT2D eigenvalue weighted by atomic mass is 16.5. The van der Waals surface area contributed by atoms with Crippen LogP contribution in [0.1, 0.15) is 40.5 Å². The number of ether oxygens (including phenoxy) is 2. The molecule has 0 atom stereocenters. The van der Waals surface area contributed by atoms with Crippen molar-refractivity contribution in [2.75, 3.05) is 52.9 Å². The summed E-state index contributed by atoms with van der Waals surface area (Å²) in [7, 11) is 4.24. The van der Waals surface area contributed by atoms with E-state index < -0.39 is 0 Å². The van der Waals surface area contributed by atoms with E-state index in [0.29, 0.717) is 36.8 Å². The molecule has 0 fully saturated rings. The van der Waals surface area contributed by atoms with E-state index >= 15 is 0 Å². The van der Waals surface area contributed by atoms with Crippen LogP contribution >= 0.6 is 0 Å². The molecule has 10 heteroatoms. The van der Waals surface area contributed by atoms with Crippen LogP contribution in [0.5, 0.6) is 5.88 Å². The number of nitrogens with zero attached hydrogens (tertiary/aromatic N) is 4. The first kappa shape index (κ1) is 31.9. The van der Waals surface area contributed by atoms with Crippen LogP contribution in [0.15, 0.2) is 35.4 Å². The summed E-state index contributed by atoms with van der Waals surface area (Å²) < 4.78 is 12.3. The summed E-state index contributed by atoms with van der Waals surface area (Å²) in [5.41, 5.74) is 2.69. The molecular weight excluding hydrogens is 472 g/mol. The molecule has 3 aromatic heterocycles. The van der Waals surface area contributed by atoms with Crippen LogP contribution in [0.25, 0.3) is 22.3 Å². The maximum Gasteiger partial charge on any atom is 0.293 e. The summed E-state index contributed by atoms with van der Waals surface area (Å²) >= 11 is 0. The van der Waals surface area contributed by atoms with Crippen LogP contribution in [0, 0.1) is 5.92 Å². The normalized spacial score (nSPS) is 10.4. The van der Waals surface area contributed by atoms with Gasteiger partial charge in [0.2, 0.25) is 5.88 Å². The maximum absolute atomic E-state index is 12.7. The molecule has 0 unspecified atom stereocenters. The molecule has 3 aromatic rings. The molecule has 0 aliphatic carbocycles. The van der Waals surface area contributed by atoms with E-state index in [2.05, 4.69) is 46.4 Å². The zero-order valence-corrected chi connectivity index (χ0v) is 23.4. The zero-order chi connectivity index (χ0) is 27.6. The molecule has 0 aliphatic heterocycles. The van der Waals surface area contributed by atoms with Gasteiger partial charge < -0.3 is 25.2 Å². The van der Waals surface area contributed by atoms with Gasteiger partial charge in [-0.3, -0.25) is 9.36 Å². The van der Waals surface area contributed by atoms with Crippen molar-refractivity contribution in [1.82, 2.24) is 24.8 Å². The van der Waals surface area contributed by atoms with Gasteiger partial charge in [-0.05, 0) is 44.0 Å². The second-order valence-electron chi connectivity index (χ2n) is 8.47. The molecule has 0 saturated heterocycles. The van der Waals surface area contributed by atoms with Gasteiger partial charge in [0.1, 0.15) is 0 Å². The summed E-state index contributed by atoms with van der Waals surface area (Å²) in [6.07, 6.45) is 5.67. The second-order valence-corrected chi connectivity index (χ2v) is 8.47. The van der Waals surface area contributed by atoms with Crippen molar-refractivity contribution in [3.05, 3.63) is 40.9 Å². The molecule has 3 N–H and O–H groups in total. The van der Waals surface area contributed by atoms with Crippen LogP contribution < -0.4 is 20.9 Å². The molecule has 3 rings (SSSR count). The number of nitrogens with one attached hydrogen (secondary N) is 2. The van der Waals surface area contributed by atoms with Gasteiger partial charge in [0.05, 0.1) is 19.2 Å². The quantitative estimate of drug-likeness (QED) is 0.310. The van der Waals surface area contributed by atoms with Crippen molar-refractivity contribution in [2.24, 2.45) is 5.92 Å². The van der Waals surface area contributed by atoms with E-state index in [-0.39, 0.29) is 11.4 Å². The molecule has 0 aromatic carbocycles. The fourth-order valence-electron chi connectivity index (χ4n) is 3.31. The fourth-order valence-corrected chi connectivity index (χ4v) is 3.31. The average Bonchev–Trinajstić information content (AvgIpc) is 2.93. The van der Waals surface area contributed by atoms with Crippen molar-refractivity contribution >= 4 is 17.0 Å². The van der Waals surface area contributed by atoms with Crippen LogP contribution in [-0.4, -0.2) is 72.2 Å². The van der Waals surface area contributed by atoms with Gasteiger partial charge in [-0.2, -0.15) is 0 Å². The van der Waals surface area contributed by atoms with Crippen LogP contribution in [-0.2, 0) is 11.3 Å². The molecule has 0 aliphatic rings. The number of fused-ring (bicyclic) bond motifs is 1. The van der Waals surface area contributed by atoms with Gasteiger partial charge in [-0.25, -0.2) is 15.0 Å². The van der Waals surface area contributed by atoms with Crippen molar-refractivity contribution in [3.8, 4) is 17.0 Å². The number of anilines is 1. The van der Waals surface area contributed by atoms with Gasteiger partial charge in [-0.1, -0.05) is 27.7 Å². The molecule has 3 heterocycles. The lowest BCUT2D eigenvalue weighted by molar-refractivity contribution is 0.127. The smallest absolute Gasteiger partial charge is 0.293 e. The van der Waals surface area contributed by atoms with E-state index in [4.69, 9.17) is 14.6 Å². The predicted molar refractivity (Wildman–Crippen MR) is 150 cm³/mol. The summed E-state index contributed by atoms with van der Waals surface area (Å²) in [5.74, 6) is 1.65. The number of pyridine rings is 2. The van der Waals surface area contributed by atoms with Crippen LogP contribution in [0.3, 0.4) is 0 Å². The van der Waals surface area contributed by atoms with E-state index in [9.17, 15) is 4.79 Å². The summed E-state index contributed by atoms with van der Waals surface area (Å²) in [6, 6.07) is 5.59. The molecule has 10 nitrogen and oxygen atoms in total. The maximum atomic E-state index is 12.7. The fraction of sp³-hybridized carbons (Fsp3) is 0.556. The van der Waals surface area contributed by atoms with Crippen molar-refractivity contribution in [3.63, 3.8) is 0 Å². The van der Waals surface area contributed by atoms with Crippen molar-refractivity contribution < 1.29 is 14.6 Å². The largest absolute Gasteiger partial charge is 0.481 e. The average molecular weight is 517 g/mol. The van der Waals surface area contributed by atoms with E-state index in [1.54, 1.807) is 37.2 Å². The first-order valence-electron chi connectivity index (χ1n) is 12.8. The number of aliphatic hydroxyl groups is 1. The third-order valence-corrected chi connectivity index (χ3v) is 5.28.